The number of aliphatic hydroxyl groups is 2. The molecule has 32 heavy (non-hydrogen) atoms. The zero-order chi connectivity index (χ0) is 23.3. The third kappa shape index (κ3) is 5.38. The second kappa shape index (κ2) is 10.5. The molecule has 1 saturated carbocycles. The summed E-state index contributed by atoms with van der Waals surface area (Å²) in [5.74, 6) is -0.824. The van der Waals surface area contributed by atoms with Gasteiger partial charge in [-0.2, -0.15) is 5.01 Å². The number of nitroso groups, excluding NO2 is 1. The smallest absolute Gasteiger partial charge is 0.340 e. The van der Waals surface area contributed by atoms with E-state index in [-0.39, 0.29) is 19.1 Å². The monoisotopic (exact) mass is 454 g/mol. The van der Waals surface area contributed by atoms with Gasteiger partial charge in [0.2, 0.25) is 0 Å². The van der Waals surface area contributed by atoms with Crippen molar-refractivity contribution in [3.63, 3.8) is 0 Å². The molecule has 1 aromatic rings. The van der Waals surface area contributed by atoms with Crippen LogP contribution in [0.4, 0.5) is 4.79 Å². The second-order valence-electron chi connectivity index (χ2n) is 7.73. The lowest BCUT2D eigenvalue weighted by Crippen LogP contribution is -2.47. The number of aliphatic hydroxyl groups excluding tert-OH is 2. The molecule has 0 radical (unpaired) electrons. The summed E-state index contributed by atoms with van der Waals surface area (Å²) >= 11 is 0. The molecule has 0 spiro atoms. The first-order chi connectivity index (χ1) is 15.3. The molecule has 176 valence electrons. The molecule has 2 fully saturated rings. The van der Waals surface area contributed by atoms with Crippen LogP contribution in [-0.4, -0.2) is 74.2 Å². The number of hydrogen-bond acceptors (Lipinski definition) is 9. The van der Waals surface area contributed by atoms with Crippen molar-refractivity contribution in [2.24, 2.45) is 5.29 Å². The van der Waals surface area contributed by atoms with Crippen molar-refractivity contribution in [1.29, 1.82) is 0 Å². The Hall–Kier alpha value is -3.10. The first kappa shape index (κ1) is 23.6. The molecule has 0 unspecified atom stereocenters. The zero-order valence-corrected chi connectivity index (χ0v) is 17.2. The number of nitrogens with zero attached hydrogens (tertiary/aromatic N) is 3. The minimum absolute atomic E-state index is 0.0214. The number of H-pyrrole nitrogens is 1. The van der Waals surface area contributed by atoms with Gasteiger partial charge in [0, 0.05) is 24.8 Å². The van der Waals surface area contributed by atoms with Gasteiger partial charge in [0.25, 0.3) is 11.5 Å². The van der Waals surface area contributed by atoms with Crippen LogP contribution in [0, 0.1) is 4.91 Å². The van der Waals surface area contributed by atoms with Gasteiger partial charge < -0.3 is 25.6 Å². The summed E-state index contributed by atoms with van der Waals surface area (Å²) in [4.78, 5) is 60.7. The quantitative estimate of drug-likeness (QED) is 0.237. The maximum absolute atomic E-state index is 12.4. The van der Waals surface area contributed by atoms with Crippen LogP contribution < -0.4 is 21.9 Å². The highest BCUT2D eigenvalue weighted by atomic mass is 16.6. The highest BCUT2D eigenvalue weighted by molar-refractivity contribution is 5.82. The normalized spacial score (nSPS) is 25.8. The minimum atomic E-state index is -1.66. The number of aromatic amines is 1. The Balaban J connectivity index is 1.52. The molecule has 1 aliphatic heterocycles. The van der Waals surface area contributed by atoms with Crippen molar-refractivity contribution in [3.8, 4) is 0 Å². The minimum Gasteiger partial charge on any atom is -0.387 e. The molecule has 2 aliphatic rings. The van der Waals surface area contributed by atoms with Crippen LogP contribution in [-0.2, 0) is 9.53 Å². The third-order valence-electron chi connectivity index (χ3n) is 5.51. The molecular weight excluding hydrogens is 428 g/mol. The van der Waals surface area contributed by atoms with Crippen LogP contribution in [0.1, 0.15) is 38.3 Å². The number of urea groups is 1. The van der Waals surface area contributed by atoms with Gasteiger partial charge in [-0.25, -0.2) is 9.59 Å². The maximum atomic E-state index is 12.4. The van der Waals surface area contributed by atoms with Gasteiger partial charge >= 0.3 is 11.7 Å². The van der Waals surface area contributed by atoms with Gasteiger partial charge in [-0.3, -0.25) is 19.1 Å². The van der Waals surface area contributed by atoms with Crippen LogP contribution in [0.15, 0.2) is 27.1 Å². The van der Waals surface area contributed by atoms with Crippen molar-refractivity contribution in [2.45, 2.75) is 62.7 Å². The van der Waals surface area contributed by atoms with E-state index < -0.39 is 47.7 Å². The topological polar surface area (TPSA) is 195 Å². The lowest BCUT2D eigenvalue weighted by atomic mass is 9.96. The fourth-order valence-corrected chi connectivity index (χ4v) is 3.79. The van der Waals surface area contributed by atoms with Crippen molar-refractivity contribution < 1.29 is 24.5 Å². The van der Waals surface area contributed by atoms with Crippen molar-refractivity contribution in [2.75, 3.05) is 13.1 Å². The van der Waals surface area contributed by atoms with Crippen molar-refractivity contribution in [1.82, 2.24) is 25.2 Å². The molecule has 3 rings (SSSR count). The number of aromatic nitrogens is 2. The van der Waals surface area contributed by atoms with Gasteiger partial charge in [-0.05, 0) is 12.8 Å². The molecule has 4 atom stereocenters. The summed E-state index contributed by atoms with van der Waals surface area (Å²) < 4.78 is 6.18. The largest absolute Gasteiger partial charge is 0.387 e. The molecule has 1 aliphatic carbocycles. The predicted molar refractivity (Wildman–Crippen MR) is 108 cm³/mol. The number of carbonyl (C=O) groups is 2. The van der Waals surface area contributed by atoms with Crippen LogP contribution in [0.25, 0.3) is 0 Å². The summed E-state index contributed by atoms with van der Waals surface area (Å²) in [5, 5.41) is 28.8. The van der Waals surface area contributed by atoms with E-state index in [1.165, 1.54) is 0 Å². The maximum Gasteiger partial charge on any atom is 0.340 e. The van der Waals surface area contributed by atoms with Gasteiger partial charge in [-0.15, -0.1) is 4.91 Å². The second-order valence-corrected chi connectivity index (χ2v) is 7.73. The molecule has 3 amide bonds. The number of hydrogen-bond donors (Lipinski definition) is 5. The number of ether oxygens (including phenoxy) is 1. The van der Waals surface area contributed by atoms with Crippen LogP contribution in [0.2, 0.25) is 0 Å². The first-order valence-electron chi connectivity index (χ1n) is 10.3. The number of rotatable bonds is 7. The van der Waals surface area contributed by atoms with E-state index in [2.05, 4.69) is 15.9 Å². The molecule has 0 bridgehead atoms. The van der Waals surface area contributed by atoms with E-state index in [1.807, 2.05) is 4.98 Å². The van der Waals surface area contributed by atoms with Crippen LogP contribution in [0.3, 0.4) is 0 Å². The Morgan fingerprint density at radius 1 is 1.22 bits per heavy atom. The van der Waals surface area contributed by atoms with Crippen LogP contribution in [0.5, 0.6) is 0 Å². The van der Waals surface area contributed by atoms with Gasteiger partial charge in [0.1, 0.15) is 12.2 Å². The molecule has 14 heteroatoms. The van der Waals surface area contributed by atoms with E-state index in [0.29, 0.717) is 5.01 Å². The highest BCUT2D eigenvalue weighted by Crippen LogP contribution is 2.28. The van der Waals surface area contributed by atoms with Gasteiger partial charge in [-0.1, -0.05) is 19.3 Å². The Kier molecular flexibility index (Phi) is 7.71. The number of carbonyl (C=O) groups excluding carboxylic acids is 2. The van der Waals surface area contributed by atoms with Crippen LogP contribution >= 0.6 is 0 Å². The summed E-state index contributed by atoms with van der Waals surface area (Å²) in [5.41, 5.74) is -1.54. The van der Waals surface area contributed by atoms with Gasteiger partial charge in [0.05, 0.1) is 11.8 Å². The number of amides is 3. The fourth-order valence-electron chi connectivity index (χ4n) is 3.79. The fraction of sp³-hybridized carbons (Fsp3) is 0.667. The van der Waals surface area contributed by atoms with Gasteiger partial charge in [0.15, 0.2) is 12.3 Å². The Labute approximate surface area is 181 Å². The average molecular weight is 454 g/mol. The summed E-state index contributed by atoms with van der Waals surface area (Å²) in [6.07, 6.45) is -0.383. The van der Waals surface area contributed by atoms with E-state index in [1.54, 1.807) is 0 Å². The van der Waals surface area contributed by atoms with E-state index in [0.717, 1.165) is 48.9 Å². The molecular formula is C18H26N6O8. The molecule has 1 aromatic heterocycles. The summed E-state index contributed by atoms with van der Waals surface area (Å²) in [6.45, 7) is -0.392. The molecule has 2 heterocycles. The summed E-state index contributed by atoms with van der Waals surface area (Å²) in [7, 11) is 0. The average Bonchev–Trinajstić information content (AvgIpc) is 3.06. The lowest BCUT2D eigenvalue weighted by molar-refractivity contribution is -0.137. The van der Waals surface area contributed by atoms with E-state index in [4.69, 9.17) is 4.74 Å². The first-order valence-corrected chi connectivity index (χ1v) is 10.3. The predicted octanol–water partition coefficient (Wildman–Crippen LogP) is -1.70. The summed E-state index contributed by atoms with van der Waals surface area (Å²) in [6, 6.07) is 0.342. The number of nitrogens with one attached hydrogen (secondary N) is 3. The van der Waals surface area contributed by atoms with E-state index >= 15 is 0 Å². The molecule has 14 nitrogen and oxygen atoms in total. The van der Waals surface area contributed by atoms with Crippen molar-refractivity contribution in [3.05, 3.63) is 38.0 Å². The molecule has 5 N–H and O–H groups in total. The Bertz CT molecular complexity index is 942. The molecule has 1 saturated heterocycles. The Morgan fingerprint density at radius 3 is 2.59 bits per heavy atom. The third-order valence-corrected chi connectivity index (χ3v) is 5.51. The molecule has 0 aromatic carbocycles. The highest BCUT2D eigenvalue weighted by Gasteiger charge is 2.47. The standard InChI is InChI=1S/C18H26N6O8/c25-11-6-8-23(17(29)21-11)16-13(27)12(26)14(32-16)15(28)19-7-9-24(22-31)18(30)20-10-4-2-1-3-5-10/h6,8,10,12-14,16,26-27H,1-5,7,9H2,(H,19,28)(H,20,30)(H,21,25,29)/t12-,13+,14-,16+/m0/s1. The SMILES string of the molecule is O=NN(CCNC(=O)[C@H]1O[C@@H](n2ccc(=O)[nH]c2=O)[C@H](O)[C@@H]1O)C(=O)NC1CCCCC1. The lowest BCUT2D eigenvalue weighted by Gasteiger charge is -2.24. The zero-order valence-electron chi connectivity index (χ0n) is 17.2. The van der Waals surface area contributed by atoms with Crippen molar-refractivity contribution >= 4 is 11.9 Å². The van der Waals surface area contributed by atoms with E-state index in [9.17, 15) is 34.3 Å². The Morgan fingerprint density at radius 2 is 1.94 bits per heavy atom.